The van der Waals surface area contributed by atoms with Crippen molar-refractivity contribution in [2.75, 3.05) is 30.4 Å². The zero-order valence-electron chi connectivity index (χ0n) is 18.0. The molecular formula is C23H24FN7O. The molecule has 9 heteroatoms. The number of imidazole rings is 1. The van der Waals surface area contributed by atoms with Crippen LogP contribution in [0.15, 0.2) is 43.0 Å². The fourth-order valence-corrected chi connectivity index (χ4v) is 4.36. The molecule has 1 aliphatic rings. The van der Waals surface area contributed by atoms with E-state index in [-0.39, 0.29) is 11.6 Å². The fraction of sp³-hybridized carbons (Fsp3) is 0.304. The second-order valence-corrected chi connectivity index (χ2v) is 8.10. The Bertz CT molecular complexity index is 1320. The minimum Gasteiger partial charge on any atom is -0.368 e. The molecule has 0 radical (unpaired) electrons. The lowest BCUT2D eigenvalue weighted by Crippen LogP contribution is -2.44. The Hall–Kier alpha value is -3.59. The van der Waals surface area contributed by atoms with E-state index in [2.05, 4.69) is 30.5 Å². The first-order valence-electron chi connectivity index (χ1n) is 10.7. The normalized spacial score (nSPS) is 16.6. The number of anilines is 2. The maximum absolute atomic E-state index is 14.4. The van der Waals surface area contributed by atoms with Gasteiger partial charge >= 0.3 is 0 Å². The molecule has 0 spiro atoms. The number of carbonyl (C=O) groups excluding carboxylic acids is 1. The first kappa shape index (κ1) is 20.3. The standard InChI is InChI=1S/C23H24FN7O/c1-14-11-31-13-16(10-18(24)22(31)28-14)29-23(32)17-5-6-19(21-20(17)26-7-8-27-21)30-9-3-4-15(12-30)25-2/h5-8,10-11,13,15,25H,3-4,9,12H2,1-2H3,(H,29,32)/t15-/m0/s1. The summed E-state index contributed by atoms with van der Waals surface area (Å²) >= 11 is 0. The molecule has 2 N–H and O–H groups in total. The number of halogens is 1. The van der Waals surface area contributed by atoms with Crippen LogP contribution in [0.1, 0.15) is 28.9 Å². The van der Waals surface area contributed by atoms with E-state index < -0.39 is 5.82 Å². The number of carbonyl (C=O) groups is 1. The van der Waals surface area contributed by atoms with Gasteiger partial charge < -0.3 is 19.9 Å². The molecule has 4 aromatic rings. The lowest BCUT2D eigenvalue weighted by Gasteiger charge is -2.34. The third-order valence-corrected chi connectivity index (χ3v) is 5.90. The summed E-state index contributed by atoms with van der Waals surface area (Å²) < 4.78 is 16.0. The van der Waals surface area contributed by atoms with Crippen LogP contribution in [0.2, 0.25) is 0 Å². The van der Waals surface area contributed by atoms with Crippen LogP contribution in [0.3, 0.4) is 0 Å². The van der Waals surface area contributed by atoms with Crippen molar-refractivity contribution in [1.82, 2.24) is 24.7 Å². The van der Waals surface area contributed by atoms with Gasteiger partial charge in [0.05, 0.1) is 22.6 Å². The Labute approximate surface area is 184 Å². The van der Waals surface area contributed by atoms with Crippen molar-refractivity contribution in [3.8, 4) is 0 Å². The summed E-state index contributed by atoms with van der Waals surface area (Å²) in [4.78, 5) is 28.5. The summed E-state index contributed by atoms with van der Waals surface area (Å²) in [6, 6.07) is 5.37. The molecule has 5 rings (SSSR count). The monoisotopic (exact) mass is 433 g/mol. The van der Waals surface area contributed by atoms with E-state index >= 15 is 0 Å². The Morgan fingerprint density at radius 2 is 2.00 bits per heavy atom. The highest BCUT2D eigenvalue weighted by atomic mass is 19.1. The Morgan fingerprint density at radius 3 is 2.81 bits per heavy atom. The highest BCUT2D eigenvalue weighted by Gasteiger charge is 2.23. The van der Waals surface area contributed by atoms with Gasteiger partial charge in [0.2, 0.25) is 0 Å². The number of aromatic nitrogens is 4. The lowest BCUT2D eigenvalue weighted by atomic mass is 10.0. The van der Waals surface area contributed by atoms with Gasteiger partial charge in [0.25, 0.3) is 5.91 Å². The van der Waals surface area contributed by atoms with Gasteiger partial charge in [0, 0.05) is 50.0 Å². The molecule has 0 aliphatic carbocycles. The minimum atomic E-state index is -0.500. The molecule has 1 amide bonds. The number of pyridine rings is 1. The van der Waals surface area contributed by atoms with Crippen LogP contribution in [0.4, 0.5) is 15.8 Å². The third-order valence-electron chi connectivity index (χ3n) is 5.90. The van der Waals surface area contributed by atoms with Gasteiger partial charge in [-0.25, -0.2) is 9.37 Å². The van der Waals surface area contributed by atoms with E-state index in [1.165, 1.54) is 6.07 Å². The van der Waals surface area contributed by atoms with Gasteiger partial charge in [-0.2, -0.15) is 0 Å². The van der Waals surface area contributed by atoms with E-state index in [1.54, 1.807) is 42.2 Å². The number of piperidine rings is 1. The first-order chi connectivity index (χ1) is 15.5. The molecule has 0 saturated carbocycles. The number of benzene rings is 1. The zero-order chi connectivity index (χ0) is 22.2. The fourth-order valence-electron chi connectivity index (χ4n) is 4.36. The van der Waals surface area contributed by atoms with E-state index in [0.29, 0.717) is 34.0 Å². The van der Waals surface area contributed by atoms with Crippen molar-refractivity contribution in [3.05, 3.63) is 60.1 Å². The number of hydrogen-bond donors (Lipinski definition) is 2. The molecule has 4 heterocycles. The molecule has 1 atom stereocenters. The van der Waals surface area contributed by atoms with Crippen LogP contribution in [-0.2, 0) is 0 Å². The molecule has 8 nitrogen and oxygen atoms in total. The molecule has 0 bridgehead atoms. The van der Waals surface area contributed by atoms with Crippen molar-refractivity contribution < 1.29 is 9.18 Å². The summed E-state index contributed by atoms with van der Waals surface area (Å²) in [6.07, 6.45) is 8.78. The van der Waals surface area contributed by atoms with Crippen LogP contribution < -0.4 is 15.5 Å². The van der Waals surface area contributed by atoms with Crippen molar-refractivity contribution in [3.63, 3.8) is 0 Å². The van der Waals surface area contributed by atoms with Gasteiger partial charge in [-0.15, -0.1) is 0 Å². The van der Waals surface area contributed by atoms with E-state index in [1.807, 2.05) is 13.1 Å². The number of hydrogen-bond acceptors (Lipinski definition) is 6. The average molecular weight is 433 g/mol. The van der Waals surface area contributed by atoms with Crippen molar-refractivity contribution >= 4 is 34.0 Å². The summed E-state index contributed by atoms with van der Waals surface area (Å²) in [5, 5.41) is 6.14. The van der Waals surface area contributed by atoms with Gasteiger partial charge in [0.1, 0.15) is 11.0 Å². The third kappa shape index (κ3) is 3.64. The highest BCUT2D eigenvalue weighted by Crippen LogP contribution is 2.29. The minimum absolute atomic E-state index is 0.225. The van der Waals surface area contributed by atoms with Gasteiger partial charge in [-0.05, 0) is 38.9 Å². The predicted molar refractivity (Wildman–Crippen MR) is 122 cm³/mol. The lowest BCUT2D eigenvalue weighted by molar-refractivity contribution is 0.102. The molecule has 1 fully saturated rings. The quantitative estimate of drug-likeness (QED) is 0.514. The van der Waals surface area contributed by atoms with Crippen molar-refractivity contribution in [2.24, 2.45) is 0 Å². The molecule has 1 saturated heterocycles. The number of amides is 1. The van der Waals surface area contributed by atoms with Gasteiger partial charge in [-0.3, -0.25) is 14.8 Å². The van der Waals surface area contributed by atoms with Gasteiger partial charge in [0.15, 0.2) is 11.5 Å². The van der Waals surface area contributed by atoms with E-state index in [0.717, 1.165) is 31.6 Å². The predicted octanol–water partition coefficient (Wildman–Crippen LogP) is 3.17. The second kappa shape index (κ2) is 8.16. The highest BCUT2D eigenvalue weighted by molar-refractivity contribution is 6.13. The summed E-state index contributed by atoms with van der Waals surface area (Å²) in [5.74, 6) is -0.871. The molecule has 32 heavy (non-hydrogen) atoms. The van der Waals surface area contributed by atoms with Crippen LogP contribution >= 0.6 is 0 Å². The Balaban J connectivity index is 1.49. The number of rotatable bonds is 4. The first-order valence-corrected chi connectivity index (χ1v) is 10.7. The molecule has 0 unspecified atom stereocenters. The average Bonchev–Trinajstić information content (AvgIpc) is 3.19. The summed E-state index contributed by atoms with van der Waals surface area (Å²) in [5.41, 5.74) is 3.82. The Morgan fingerprint density at radius 1 is 1.19 bits per heavy atom. The van der Waals surface area contributed by atoms with Crippen LogP contribution in [0.5, 0.6) is 0 Å². The molecular weight excluding hydrogens is 409 g/mol. The summed E-state index contributed by atoms with van der Waals surface area (Å²) in [6.45, 7) is 3.59. The van der Waals surface area contributed by atoms with Crippen LogP contribution in [-0.4, -0.2) is 51.4 Å². The summed E-state index contributed by atoms with van der Waals surface area (Å²) in [7, 11) is 1.98. The smallest absolute Gasteiger partial charge is 0.257 e. The number of likely N-dealkylation sites (N-methyl/N-ethyl adjacent to an activating group) is 1. The SMILES string of the molecule is CN[C@H]1CCCN(c2ccc(C(=O)Nc3cc(F)c4nc(C)cn4c3)c3nccnc23)C1. The van der Waals surface area contributed by atoms with Crippen LogP contribution in [0, 0.1) is 12.7 Å². The number of nitrogens with one attached hydrogen (secondary N) is 2. The largest absolute Gasteiger partial charge is 0.368 e. The molecule has 1 aromatic carbocycles. The molecule has 164 valence electrons. The maximum Gasteiger partial charge on any atom is 0.257 e. The number of aryl methyl sites for hydroxylation is 1. The molecule has 1 aliphatic heterocycles. The maximum atomic E-state index is 14.4. The second-order valence-electron chi connectivity index (χ2n) is 8.10. The molecule has 3 aromatic heterocycles. The van der Waals surface area contributed by atoms with Crippen LogP contribution in [0.25, 0.3) is 16.7 Å². The van der Waals surface area contributed by atoms with E-state index in [4.69, 9.17) is 0 Å². The van der Waals surface area contributed by atoms with Crippen molar-refractivity contribution in [2.45, 2.75) is 25.8 Å². The van der Waals surface area contributed by atoms with E-state index in [9.17, 15) is 9.18 Å². The topological polar surface area (TPSA) is 87.5 Å². The number of nitrogens with zero attached hydrogens (tertiary/aromatic N) is 5. The Kier molecular flexibility index (Phi) is 5.18. The van der Waals surface area contributed by atoms with Crippen molar-refractivity contribution in [1.29, 1.82) is 0 Å². The number of fused-ring (bicyclic) bond motifs is 2. The zero-order valence-corrected chi connectivity index (χ0v) is 18.0. The van der Waals surface area contributed by atoms with Gasteiger partial charge in [-0.1, -0.05) is 0 Å².